The highest BCUT2D eigenvalue weighted by molar-refractivity contribution is 9.10. The van der Waals surface area contributed by atoms with Gasteiger partial charge in [0.1, 0.15) is 19.3 Å². The molecule has 0 bridgehead atoms. The van der Waals surface area contributed by atoms with Crippen LogP contribution in [0.4, 0.5) is 0 Å². The quantitative estimate of drug-likeness (QED) is 0.215. The lowest BCUT2D eigenvalue weighted by molar-refractivity contribution is 0.131. The Hall–Kier alpha value is -1.39. The smallest absolute Gasteiger partial charge is 0.194 e. The van der Waals surface area contributed by atoms with Gasteiger partial charge in [0.15, 0.2) is 16.6 Å². The molecule has 49 heavy (non-hydrogen) atoms. The largest absolute Gasteiger partial charge is 0.397 e. The Morgan fingerprint density at radius 2 is 0.837 bits per heavy atom. The van der Waals surface area contributed by atoms with Gasteiger partial charge in [0, 0.05) is 10.0 Å². The molecule has 2 aromatic carbocycles. The van der Waals surface area contributed by atoms with Crippen molar-refractivity contribution in [3.63, 3.8) is 0 Å². The minimum atomic E-state index is -2.24. The molecule has 0 aliphatic carbocycles. The second-order valence-corrected chi connectivity index (χ2v) is 35.7. The molecule has 0 fully saturated rings. The first-order valence-corrected chi connectivity index (χ1v) is 28.1. The van der Waals surface area contributed by atoms with Crippen LogP contribution in [0.3, 0.4) is 0 Å². The summed E-state index contributed by atoms with van der Waals surface area (Å²) in [6, 6.07) is 13.5. The first kappa shape index (κ1) is 43.8. The summed E-state index contributed by atoms with van der Waals surface area (Å²) in [6.07, 6.45) is 0. The third kappa shape index (κ3) is 11.6. The molecule has 0 heterocycles. The van der Waals surface area contributed by atoms with E-state index in [1.54, 1.807) is 0 Å². The molecule has 0 amide bonds. The summed E-state index contributed by atoms with van der Waals surface area (Å²) in [5.41, 5.74) is 7.54. The van der Waals surface area contributed by atoms with E-state index in [0.29, 0.717) is 0 Å². The molecule has 0 aliphatic rings. The highest BCUT2D eigenvalue weighted by atomic mass is 79.9. The van der Waals surface area contributed by atoms with Gasteiger partial charge in [0.25, 0.3) is 0 Å². The highest BCUT2D eigenvalue weighted by Crippen LogP contribution is 2.44. The molecule has 0 radical (unpaired) electrons. The maximum atomic E-state index is 7.30. The zero-order valence-corrected chi connectivity index (χ0v) is 39.7. The van der Waals surface area contributed by atoms with Crippen LogP contribution in [0, 0.1) is 23.3 Å². The fraction of sp³-hybridized carbons (Fsp3) is 0.628. The van der Waals surface area contributed by atoms with Gasteiger partial charge >= 0.3 is 0 Å². The Morgan fingerprint density at radius 1 is 0.490 bits per heavy atom. The number of halogens is 1. The van der Waals surface area contributed by atoms with Crippen molar-refractivity contribution in [2.24, 2.45) is 0 Å². The third-order valence-electron chi connectivity index (χ3n) is 10.3. The molecule has 0 aliphatic heterocycles. The molecule has 6 heteroatoms. The summed E-state index contributed by atoms with van der Waals surface area (Å²) in [5.74, 6) is 11.1. The molecular formula is C43H69BrO2Si3. The van der Waals surface area contributed by atoms with Crippen LogP contribution < -0.4 is 0 Å². The average Bonchev–Trinajstić information content (AvgIpc) is 2.87. The Balaban J connectivity index is 3.03. The van der Waals surface area contributed by atoms with E-state index in [2.05, 4.69) is 218 Å². The molecular weight excluding hydrogens is 713 g/mol. The first-order chi connectivity index (χ1) is 21.5. The Kier molecular flexibility index (Phi) is 12.7. The van der Waals surface area contributed by atoms with E-state index in [9.17, 15) is 0 Å². The van der Waals surface area contributed by atoms with Gasteiger partial charge in [-0.3, -0.25) is 0 Å². The van der Waals surface area contributed by atoms with Gasteiger partial charge in [-0.25, -0.2) is 0 Å². The zero-order valence-electron chi connectivity index (χ0n) is 35.2. The number of benzene rings is 2. The normalized spacial score (nSPS) is 16.1. The predicted octanol–water partition coefficient (Wildman–Crippen LogP) is 13.5. The molecule has 0 unspecified atom stereocenters. The SMILES string of the molecule is CC(C)(C)c1cc(Br)cc([C@@](C)(C#Cc2cc(C(C)(C)C)cc([C@@](C)(C#C[Si](C)(C)C)O[Si](C)(C)C(C)(C)C)c2)O[Si](C)(C)C(C)(C)C)c1. The van der Waals surface area contributed by atoms with E-state index in [-0.39, 0.29) is 20.9 Å². The van der Waals surface area contributed by atoms with E-state index in [1.807, 2.05) is 0 Å². The third-order valence-corrected chi connectivity index (χ3v) is 20.7. The van der Waals surface area contributed by atoms with Gasteiger partial charge in [0.05, 0.1) is 0 Å². The lowest BCUT2D eigenvalue weighted by atomic mass is 9.82. The second kappa shape index (κ2) is 14.2. The predicted molar refractivity (Wildman–Crippen MR) is 227 cm³/mol. The minimum Gasteiger partial charge on any atom is -0.397 e. The summed E-state index contributed by atoms with van der Waals surface area (Å²) < 4.78 is 15.6. The monoisotopic (exact) mass is 780 g/mol. The van der Waals surface area contributed by atoms with E-state index in [0.717, 1.165) is 21.2 Å². The number of hydrogen-bond acceptors (Lipinski definition) is 2. The van der Waals surface area contributed by atoms with Gasteiger partial charge in [-0.2, -0.15) is 0 Å². The molecule has 0 spiro atoms. The van der Waals surface area contributed by atoms with Crippen LogP contribution >= 0.6 is 15.9 Å². The van der Waals surface area contributed by atoms with Crippen LogP contribution in [0.25, 0.3) is 0 Å². The molecule has 2 aromatic rings. The molecule has 0 saturated heterocycles. The molecule has 2 rings (SSSR count). The summed E-state index contributed by atoms with van der Waals surface area (Å²) >= 11 is 3.83. The van der Waals surface area contributed by atoms with Crippen molar-refractivity contribution in [1.29, 1.82) is 0 Å². The highest BCUT2D eigenvalue weighted by Gasteiger charge is 2.45. The fourth-order valence-corrected chi connectivity index (χ4v) is 8.94. The van der Waals surface area contributed by atoms with Crippen LogP contribution in [-0.2, 0) is 30.9 Å². The van der Waals surface area contributed by atoms with Crippen molar-refractivity contribution < 1.29 is 8.85 Å². The maximum absolute atomic E-state index is 7.30. The number of rotatable bonds is 6. The van der Waals surface area contributed by atoms with Crippen LogP contribution in [0.5, 0.6) is 0 Å². The Morgan fingerprint density at radius 3 is 1.22 bits per heavy atom. The molecule has 0 N–H and O–H groups in total. The van der Waals surface area contributed by atoms with Crippen molar-refractivity contribution in [3.8, 4) is 23.3 Å². The van der Waals surface area contributed by atoms with Crippen molar-refractivity contribution in [1.82, 2.24) is 0 Å². The van der Waals surface area contributed by atoms with Crippen molar-refractivity contribution in [2.75, 3.05) is 0 Å². The van der Waals surface area contributed by atoms with Gasteiger partial charge in [-0.15, -0.1) is 5.54 Å². The summed E-state index contributed by atoms with van der Waals surface area (Å²) in [5, 5.41) is 0.0597. The van der Waals surface area contributed by atoms with Crippen molar-refractivity contribution in [3.05, 3.63) is 68.7 Å². The molecule has 2 atom stereocenters. The number of hydrogen-bond donors (Lipinski definition) is 0. The van der Waals surface area contributed by atoms with Crippen molar-refractivity contribution >= 4 is 40.6 Å². The molecule has 272 valence electrons. The second-order valence-electron chi connectivity index (χ2n) is 20.6. The van der Waals surface area contributed by atoms with E-state index < -0.39 is 35.9 Å². The van der Waals surface area contributed by atoms with Gasteiger partial charge in [-0.1, -0.05) is 149 Å². The van der Waals surface area contributed by atoms with Crippen LogP contribution in [0.1, 0.15) is 125 Å². The van der Waals surface area contributed by atoms with Crippen molar-refractivity contribution in [2.45, 2.75) is 175 Å². The topological polar surface area (TPSA) is 18.5 Å². The first-order valence-electron chi connectivity index (χ1n) is 18.0. The van der Waals surface area contributed by atoms with E-state index in [1.165, 1.54) is 11.1 Å². The van der Waals surface area contributed by atoms with Gasteiger partial charge in [-0.05, 0) is 107 Å². The van der Waals surface area contributed by atoms with Crippen LogP contribution in [0.15, 0.2) is 40.9 Å². The van der Waals surface area contributed by atoms with Crippen LogP contribution in [-0.4, -0.2) is 24.7 Å². The molecule has 0 aromatic heterocycles. The maximum Gasteiger partial charge on any atom is 0.194 e. The lowest BCUT2D eigenvalue weighted by Gasteiger charge is -2.43. The fourth-order valence-electron chi connectivity index (χ4n) is 4.84. The summed E-state index contributed by atoms with van der Waals surface area (Å²) in [7, 11) is -6.15. The molecule has 0 saturated carbocycles. The summed E-state index contributed by atoms with van der Waals surface area (Å²) in [4.78, 5) is 0. The van der Waals surface area contributed by atoms with Gasteiger partial charge in [0.2, 0.25) is 0 Å². The summed E-state index contributed by atoms with van der Waals surface area (Å²) in [6.45, 7) is 47.8. The van der Waals surface area contributed by atoms with Crippen LogP contribution in [0.2, 0.25) is 55.9 Å². The average molecular weight is 782 g/mol. The Bertz CT molecular complexity index is 1630. The lowest BCUT2D eigenvalue weighted by Crippen LogP contribution is -2.47. The minimum absolute atomic E-state index is 0.0199. The zero-order chi connectivity index (χ0) is 38.4. The van der Waals surface area contributed by atoms with Gasteiger partial charge < -0.3 is 8.85 Å². The van der Waals surface area contributed by atoms with E-state index >= 15 is 0 Å². The van der Waals surface area contributed by atoms with E-state index in [4.69, 9.17) is 8.85 Å². The standard InChI is InChI=1S/C43H69BrO2Si3/c1-38(2,3)33-26-32(27-35(28-33)43(14,24-25-47(15,16)17)46-49(20,21)41(10,11)12)22-23-42(13,45-48(18,19)40(7,8)9)36-29-34(39(4,5)6)30-37(44)31-36/h26-31H,1-21H3/t42-,43-/m1/s1. The Labute approximate surface area is 314 Å². The molecule has 2 nitrogen and oxygen atoms in total.